The molecule has 0 amide bonds. The molecule has 5 nitrogen and oxygen atoms in total. The van der Waals surface area contributed by atoms with Gasteiger partial charge in [-0.05, 0) is 41.3 Å². The van der Waals surface area contributed by atoms with Gasteiger partial charge in [-0.1, -0.05) is 62.6 Å². The van der Waals surface area contributed by atoms with E-state index in [2.05, 4.69) is 6.92 Å². The summed E-state index contributed by atoms with van der Waals surface area (Å²) in [5, 5.41) is 0. The summed E-state index contributed by atoms with van der Waals surface area (Å²) in [7, 11) is 0. The Balaban J connectivity index is 1.51. The number of Topliss-reactive ketones (excluding diaryl/α,β-unsaturated/α-hetero) is 1. The first kappa shape index (κ1) is 21.8. The highest BCUT2D eigenvalue weighted by molar-refractivity contribution is 6.25. The summed E-state index contributed by atoms with van der Waals surface area (Å²) in [6.07, 6.45) is 4.37. The molecule has 2 aliphatic rings. The maximum absolute atomic E-state index is 14.7. The van der Waals surface area contributed by atoms with E-state index in [1.807, 2.05) is 6.07 Å². The summed E-state index contributed by atoms with van der Waals surface area (Å²) in [5.74, 6) is -2.20. The van der Waals surface area contributed by atoms with Crippen molar-refractivity contribution in [3.8, 4) is 0 Å². The fourth-order valence-corrected chi connectivity index (χ4v) is 4.22. The summed E-state index contributed by atoms with van der Waals surface area (Å²) in [6, 6.07) is 13.7. The first-order chi connectivity index (χ1) is 15.5. The molecule has 0 fully saturated rings. The van der Waals surface area contributed by atoms with Crippen molar-refractivity contribution in [2.45, 2.75) is 44.6 Å². The zero-order chi connectivity index (χ0) is 22.7. The number of rotatable bonds is 8. The molecule has 2 N–H and O–H groups in total. The van der Waals surface area contributed by atoms with Crippen LogP contribution in [0, 0.1) is 0 Å². The minimum atomic E-state index is -1.08. The molecule has 0 spiro atoms. The summed E-state index contributed by atoms with van der Waals surface area (Å²) in [6.45, 7) is 2.47. The Morgan fingerprint density at radius 3 is 2.75 bits per heavy atom. The lowest BCUT2D eigenvalue weighted by molar-refractivity contribution is -0.120. The number of carbonyl (C=O) groups is 2. The molecule has 0 aromatic heterocycles. The normalized spacial score (nSPS) is 19.6. The van der Waals surface area contributed by atoms with Crippen molar-refractivity contribution in [1.82, 2.24) is 0 Å². The molecular weight excluding hydrogens is 409 g/mol. The van der Waals surface area contributed by atoms with E-state index in [1.54, 1.807) is 42.5 Å². The van der Waals surface area contributed by atoms with Crippen molar-refractivity contribution in [3.63, 3.8) is 0 Å². The number of benzene rings is 2. The average molecular weight is 435 g/mol. The van der Waals surface area contributed by atoms with E-state index < -0.39 is 29.6 Å². The van der Waals surface area contributed by atoms with Crippen LogP contribution < -0.4 is 5.73 Å². The van der Waals surface area contributed by atoms with Gasteiger partial charge in [-0.25, -0.2) is 9.18 Å². The number of nitrogens with two attached hydrogens (primary N) is 1. The van der Waals surface area contributed by atoms with Crippen LogP contribution >= 0.6 is 0 Å². The molecule has 2 aromatic rings. The average Bonchev–Trinajstić information content (AvgIpc) is 3.27. The van der Waals surface area contributed by atoms with E-state index in [4.69, 9.17) is 15.2 Å². The van der Waals surface area contributed by atoms with Gasteiger partial charge >= 0.3 is 5.97 Å². The zero-order valence-electron chi connectivity index (χ0n) is 18.0. The molecule has 0 radical (unpaired) electrons. The summed E-state index contributed by atoms with van der Waals surface area (Å²) in [5.41, 5.74) is 8.41. The van der Waals surface area contributed by atoms with E-state index in [0.29, 0.717) is 23.3 Å². The van der Waals surface area contributed by atoms with Crippen LogP contribution in [-0.2, 0) is 14.3 Å². The standard InChI is InChI=1S/C26H26FNO4/c1-2-3-4-7-13-31-26(30)18-11-8-10-17(14-18)21-23(29)24(32-25(21)28)22-19-12-6-5-9-16(19)15-20(22)27/h5-6,8-12,14-15,22,24H,2-4,7,13,28H2,1H3. The summed E-state index contributed by atoms with van der Waals surface area (Å²) in [4.78, 5) is 25.7. The second-order valence-corrected chi connectivity index (χ2v) is 8.06. The van der Waals surface area contributed by atoms with Gasteiger partial charge in [0, 0.05) is 0 Å². The van der Waals surface area contributed by atoms with Crippen LogP contribution in [-0.4, -0.2) is 24.5 Å². The maximum atomic E-state index is 14.7. The van der Waals surface area contributed by atoms with Gasteiger partial charge in [-0.3, -0.25) is 4.79 Å². The lowest BCUT2D eigenvalue weighted by Crippen LogP contribution is -2.26. The molecule has 32 heavy (non-hydrogen) atoms. The number of unbranched alkanes of at least 4 members (excludes halogenated alkanes) is 3. The largest absolute Gasteiger partial charge is 0.466 e. The minimum absolute atomic E-state index is 0.0673. The van der Waals surface area contributed by atoms with Gasteiger partial charge in [0.2, 0.25) is 5.78 Å². The van der Waals surface area contributed by atoms with Gasteiger partial charge < -0.3 is 15.2 Å². The third-order valence-corrected chi connectivity index (χ3v) is 5.85. The van der Waals surface area contributed by atoms with E-state index in [1.165, 1.54) is 6.08 Å². The molecule has 1 heterocycles. The van der Waals surface area contributed by atoms with Crippen molar-refractivity contribution in [2.75, 3.05) is 6.61 Å². The Morgan fingerprint density at radius 1 is 1.12 bits per heavy atom. The minimum Gasteiger partial charge on any atom is -0.466 e. The molecule has 6 heteroatoms. The number of hydrogen-bond acceptors (Lipinski definition) is 5. The highest BCUT2D eigenvalue weighted by Crippen LogP contribution is 2.44. The SMILES string of the molecule is CCCCCCOC(=O)c1cccc(C2=C(N)OC(C3C(F)=Cc4ccccc43)C2=O)c1. The van der Waals surface area contributed by atoms with Crippen molar-refractivity contribution < 1.29 is 23.5 Å². The third-order valence-electron chi connectivity index (χ3n) is 5.85. The molecule has 166 valence electrons. The second-order valence-electron chi connectivity index (χ2n) is 8.06. The van der Waals surface area contributed by atoms with Gasteiger partial charge in [0.25, 0.3) is 0 Å². The number of hydrogen-bond donors (Lipinski definition) is 1. The monoisotopic (exact) mass is 435 g/mol. The summed E-state index contributed by atoms with van der Waals surface area (Å²) >= 11 is 0. The van der Waals surface area contributed by atoms with Crippen LogP contribution in [0.3, 0.4) is 0 Å². The van der Waals surface area contributed by atoms with Crippen LogP contribution in [0.4, 0.5) is 4.39 Å². The predicted molar refractivity (Wildman–Crippen MR) is 120 cm³/mol. The lowest BCUT2D eigenvalue weighted by atomic mass is 9.89. The Hall–Kier alpha value is -3.41. The number of fused-ring (bicyclic) bond motifs is 1. The topological polar surface area (TPSA) is 78.6 Å². The van der Waals surface area contributed by atoms with Crippen molar-refractivity contribution in [2.24, 2.45) is 5.73 Å². The smallest absolute Gasteiger partial charge is 0.338 e. The van der Waals surface area contributed by atoms with E-state index >= 15 is 0 Å². The molecule has 0 saturated heterocycles. The van der Waals surface area contributed by atoms with Gasteiger partial charge in [0.05, 0.1) is 23.7 Å². The Labute approximate surface area is 186 Å². The van der Waals surface area contributed by atoms with Crippen molar-refractivity contribution in [1.29, 1.82) is 0 Å². The van der Waals surface area contributed by atoms with E-state index in [0.717, 1.165) is 31.2 Å². The van der Waals surface area contributed by atoms with Crippen LogP contribution in [0.5, 0.6) is 0 Å². The third kappa shape index (κ3) is 4.17. The van der Waals surface area contributed by atoms with Gasteiger partial charge in [0.1, 0.15) is 5.83 Å². The van der Waals surface area contributed by atoms with Gasteiger partial charge in [-0.15, -0.1) is 0 Å². The Morgan fingerprint density at radius 2 is 1.94 bits per heavy atom. The highest BCUT2D eigenvalue weighted by atomic mass is 19.1. The van der Waals surface area contributed by atoms with E-state index in [-0.39, 0.29) is 11.5 Å². The molecule has 4 rings (SSSR count). The second kappa shape index (κ2) is 9.39. The molecular formula is C26H26FNO4. The number of carbonyl (C=O) groups excluding carboxylic acids is 2. The number of esters is 1. The zero-order valence-corrected chi connectivity index (χ0v) is 18.0. The lowest BCUT2D eigenvalue weighted by Gasteiger charge is -2.19. The molecule has 2 aromatic carbocycles. The fourth-order valence-electron chi connectivity index (χ4n) is 4.22. The number of ketones is 1. The van der Waals surface area contributed by atoms with Crippen molar-refractivity contribution in [3.05, 3.63) is 82.5 Å². The Bertz CT molecular complexity index is 1100. The fraction of sp³-hybridized carbons (Fsp3) is 0.308. The van der Waals surface area contributed by atoms with Crippen LogP contribution in [0.2, 0.25) is 0 Å². The molecule has 2 unspecified atom stereocenters. The van der Waals surface area contributed by atoms with Crippen molar-refractivity contribution >= 4 is 23.4 Å². The number of halogens is 1. The van der Waals surface area contributed by atoms with Crippen LogP contribution in [0.15, 0.2) is 60.2 Å². The Kier molecular flexibility index (Phi) is 6.40. The van der Waals surface area contributed by atoms with Gasteiger partial charge in [-0.2, -0.15) is 0 Å². The van der Waals surface area contributed by atoms with E-state index in [9.17, 15) is 14.0 Å². The molecule has 2 atom stereocenters. The molecule has 0 bridgehead atoms. The highest BCUT2D eigenvalue weighted by Gasteiger charge is 2.45. The first-order valence-electron chi connectivity index (χ1n) is 11.0. The molecule has 1 aliphatic carbocycles. The van der Waals surface area contributed by atoms with Crippen LogP contribution in [0.1, 0.15) is 65.6 Å². The summed E-state index contributed by atoms with van der Waals surface area (Å²) < 4.78 is 25.7. The molecule has 1 aliphatic heterocycles. The molecule has 0 saturated carbocycles. The quantitative estimate of drug-likeness (QED) is 0.460. The van der Waals surface area contributed by atoms with Gasteiger partial charge in [0.15, 0.2) is 12.0 Å². The first-order valence-corrected chi connectivity index (χ1v) is 11.0. The predicted octanol–water partition coefficient (Wildman–Crippen LogP) is 5.13. The van der Waals surface area contributed by atoms with Crippen LogP contribution in [0.25, 0.3) is 11.6 Å². The number of ether oxygens (including phenoxy) is 2. The maximum Gasteiger partial charge on any atom is 0.338 e.